The average molecular weight is 543 g/mol. The maximum Gasteiger partial charge on any atom is 0.242 e. The van der Waals surface area contributed by atoms with Crippen molar-refractivity contribution < 1.29 is 18.0 Å². The maximum absolute atomic E-state index is 13.3. The molecule has 0 aliphatic heterocycles. The number of amides is 2. The lowest BCUT2D eigenvalue weighted by Gasteiger charge is -2.31. The van der Waals surface area contributed by atoms with Gasteiger partial charge in [0.25, 0.3) is 0 Å². The van der Waals surface area contributed by atoms with Gasteiger partial charge in [-0.25, -0.2) is 8.42 Å². The first-order chi connectivity index (χ1) is 16.4. The average Bonchev–Trinajstić information content (AvgIpc) is 2.79. The molecule has 0 saturated carbocycles. The summed E-state index contributed by atoms with van der Waals surface area (Å²) in [6, 6.07) is 10.0. The van der Waals surface area contributed by atoms with Gasteiger partial charge in [0.1, 0.15) is 6.04 Å². The van der Waals surface area contributed by atoms with E-state index >= 15 is 0 Å². The van der Waals surface area contributed by atoms with Gasteiger partial charge in [0.05, 0.1) is 22.0 Å². The Kier molecular flexibility index (Phi) is 10.4. The monoisotopic (exact) mass is 541 g/mol. The molecule has 0 fully saturated rings. The molecule has 7 nitrogen and oxygen atoms in total. The summed E-state index contributed by atoms with van der Waals surface area (Å²) in [7, 11) is -2.03. The Morgan fingerprint density at radius 3 is 2.31 bits per heavy atom. The number of anilines is 1. The molecule has 0 aliphatic rings. The third kappa shape index (κ3) is 7.85. The predicted octanol–water partition coefficient (Wildman–Crippen LogP) is 4.71. The molecule has 35 heavy (non-hydrogen) atoms. The van der Waals surface area contributed by atoms with Crippen LogP contribution in [0.4, 0.5) is 5.69 Å². The molecular formula is C25H33Cl2N3O4S. The number of benzene rings is 2. The molecule has 0 bridgehead atoms. The lowest BCUT2D eigenvalue weighted by molar-refractivity contribution is -0.141. The Hall–Kier alpha value is -2.29. The van der Waals surface area contributed by atoms with E-state index < -0.39 is 16.1 Å². The van der Waals surface area contributed by atoms with Crippen molar-refractivity contribution in [3.63, 3.8) is 0 Å². The van der Waals surface area contributed by atoms with Crippen LogP contribution in [-0.2, 0) is 26.2 Å². The van der Waals surface area contributed by atoms with Crippen molar-refractivity contribution in [3.05, 3.63) is 63.1 Å². The molecule has 0 aromatic heterocycles. The molecule has 0 saturated heterocycles. The molecule has 2 aromatic carbocycles. The highest BCUT2D eigenvalue weighted by Crippen LogP contribution is 2.26. The van der Waals surface area contributed by atoms with Crippen LogP contribution < -0.4 is 9.62 Å². The summed E-state index contributed by atoms with van der Waals surface area (Å²) in [5.74, 6) is -0.519. The van der Waals surface area contributed by atoms with E-state index in [-0.39, 0.29) is 31.3 Å². The number of carbonyl (C=O) groups excluding carboxylic acids is 2. The molecular weight excluding hydrogens is 509 g/mol. The summed E-state index contributed by atoms with van der Waals surface area (Å²) < 4.78 is 26.4. The van der Waals surface area contributed by atoms with Gasteiger partial charge in [-0.3, -0.25) is 13.9 Å². The number of aryl methyl sites for hydroxylation is 2. The molecule has 0 heterocycles. The lowest BCUT2D eigenvalue weighted by Crippen LogP contribution is -2.48. The van der Waals surface area contributed by atoms with Gasteiger partial charge in [0.15, 0.2) is 0 Å². The normalized spacial score (nSPS) is 12.2. The van der Waals surface area contributed by atoms with E-state index in [4.69, 9.17) is 23.2 Å². The van der Waals surface area contributed by atoms with Crippen LogP contribution in [0, 0.1) is 13.8 Å². The number of nitrogens with zero attached hydrogens (tertiary/aromatic N) is 2. The number of rotatable bonds is 11. The largest absolute Gasteiger partial charge is 0.357 e. The molecule has 2 amide bonds. The zero-order valence-corrected chi connectivity index (χ0v) is 23.1. The second-order valence-corrected chi connectivity index (χ2v) is 11.3. The zero-order valence-electron chi connectivity index (χ0n) is 20.8. The van der Waals surface area contributed by atoms with Crippen molar-refractivity contribution in [2.45, 2.75) is 52.6 Å². The van der Waals surface area contributed by atoms with Crippen LogP contribution in [0.25, 0.3) is 0 Å². The van der Waals surface area contributed by atoms with Crippen molar-refractivity contribution in [1.82, 2.24) is 10.2 Å². The standard InChI is InChI=1S/C25H33Cl2N3O4S/c1-6-22(25(32)28-4)29(16-19-11-12-20(26)21(27)15-19)24(31)8-7-13-30(35(5,33)34)23-14-17(2)9-10-18(23)3/h9-12,14-15,22H,6-8,13,16H2,1-5H3,(H,28,32). The fourth-order valence-corrected chi connectivity index (χ4v) is 5.23. The van der Waals surface area contributed by atoms with E-state index in [1.807, 2.05) is 39.0 Å². The van der Waals surface area contributed by atoms with Crippen LogP contribution in [0.2, 0.25) is 10.0 Å². The van der Waals surface area contributed by atoms with Crippen molar-refractivity contribution in [1.29, 1.82) is 0 Å². The van der Waals surface area contributed by atoms with E-state index in [9.17, 15) is 18.0 Å². The van der Waals surface area contributed by atoms with E-state index in [1.165, 1.54) is 16.3 Å². The van der Waals surface area contributed by atoms with Gasteiger partial charge in [-0.05, 0) is 61.6 Å². The van der Waals surface area contributed by atoms with Crippen molar-refractivity contribution in [2.24, 2.45) is 0 Å². The fourth-order valence-electron chi connectivity index (χ4n) is 3.89. The number of hydrogen-bond donors (Lipinski definition) is 1. The molecule has 1 unspecified atom stereocenters. The Bertz CT molecular complexity index is 1170. The van der Waals surface area contributed by atoms with Crippen molar-refractivity contribution in [3.8, 4) is 0 Å². The highest BCUT2D eigenvalue weighted by molar-refractivity contribution is 7.92. The minimum atomic E-state index is -3.55. The fraction of sp³-hybridized carbons (Fsp3) is 0.440. The van der Waals surface area contributed by atoms with E-state index in [1.54, 1.807) is 18.2 Å². The second-order valence-electron chi connectivity index (χ2n) is 8.54. The Morgan fingerprint density at radius 2 is 1.74 bits per heavy atom. The SMILES string of the molecule is CCC(C(=O)NC)N(Cc1ccc(Cl)c(Cl)c1)C(=O)CCCN(c1cc(C)ccc1C)S(C)(=O)=O. The Balaban J connectivity index is 2.24. The van der Waals surface area contributed by atoms with Gasteiger partial charge in [-0.15, -0.1) is 0 Å². The number of halogens is 2. The summed E-state index contributed by atoms with van der Waals surface area (Å²) in [5, 5.41) is 3.38. The summed E-state index contributed by atoms with van der Waals surface area (Å²) in [5.41, 5.74) is 3.12. The zero-order chi connectivity index (χ0) is 26.3. The maximum atomic E-state index is 13.3. The second kappa shape index (κ2) is 12.6. The van der Waals surface area contributed by atoms with Crippen molar-refractivity contribution in [2.75, 3.05) is 24.2 Å². The van der Waals surface area contributed by atoms with Crippen LogP contribution in [-0.4, -0.2) is 51.0 Å². The molecule has 10 heteroatoms. The predicted molar refractivity (Wildman–Crippen MR) is 142 cm³/mol. The van der Waals surface area contributed by atoms with Crippen LogP contribution in [0.3, 0.4) is 0 Å². The quantitative estimate of drug-likeness (QED) is 0.446. The van der Waals surface area contributed by atoms with E-state index in [2.05, 4.69) is 5.32 Å². The smallest absolute Gasteiger partial charge is 0.242 e. The van der Waals surface area contributed by atoms with Gasteiger partial charge in [0, 0.05) is 26.6 Å². The number of hydrogen-bond acceptors (Lipinski definition) is 4. The molecule has 2 rings (SSSR count). The third-order valence-corrected chi connectivity index (χ3v) is 7.67. The lowest BCUT2D eigenvalue weighted by atomic mass is 10.1. The van der Waals surface area contributed by atoms with Crippen LogP contribution in [0.1, 0.15) is 42.9 Å². The van der Waals surface area contributed by atoms with Gasteiger partial charge in [0.2, 0.25) is 21.8 Å². The molecule has 0 aliphatic carbocycles. The first-order valence-corrected chi connectivity index (χ1v) is 14.0. The first kappa shape index (κ1) is 28.9. The summed E-state index contributed by atoms with van der Waals surface area (Å²) >= 11 is 12.2. The topological polar surface area (TPSA) is 86.8 Å². The first-order valence-electron chi connectivity index (χ1n) is 11.4. The van der Waals surface area contributed by atoms with Gasteiger partial charge in [-0.2, -0.15) is 0 Å². The molecule has 1 atom stereocenters. The minimum Gasteiger partial charge on any atom is -0.357 e. The van der Waals surface area contributed by atoms with E-state index in [0.29, 0.717) is 28.6 Å². The summed E-state index contributed by atoms with van der Waals surface area (Å²) in [6.07, 6.45) is 1.95. The number of sulfonamides is 1. The van der Waals surface area contributed by atoms with Crippen molar-refractivity contribution >= 4 is 50.7 Å². The van der Waals surface area contributed by atoms with Gasteiger partial charge >= 0.3 is 0 Å². The van der Waals surface area contributed by atoms with E-state index in [0.717, 1.165) is 22.9 Å². The number of carbonyl (C=O) groups is 2. The minimum absolute atomic E-state index is 0.0751. The highest BCUT2D eigenvalue weighted by Gasteiger charge is 2.28. The molecule has 2 aromatic rings. The molecule has 1 N–H and O–H groups in total. The van der Waals surface area contributed by atoms with Crippen LogP contribution in [0.15, 0.2) is 36.4 Å². The Morgan fingerprint density at radius 1 is 1.06 bits per heavy atom. The number of nitrogens with one attached hydrogen (secondary N) is 1. The highest BCUT2D eigenvalue weighted by atomic mass is 35.5. The molecule has 0 radical (unpaired) electrons. The van der Waals surface area contributed by atoms with Crippen LogP contribution >= 0.6 is 23.2 Å². The van der Waals surface area contributed by atoms with Gasteiger partial charge < -0.3 is 10.2 Å². The molecule has 192 valence electrons. The molecule has 0 spiro atoms. The third-order valence-electron chi connectivity index (χ3n) is 5.75. The Labute approximate surface area is 218 Å². The van der Waals surface area contributed by atoms with Crippen LogP contribution in [0.5, 0.6) is 0 Å². The summed E-state index contributed by atoms with van der Waals surface area (Å²) in [4.78, 5) is 27.4. The van der Waals surface area contributed by atoms with Gasteiger partial charge in [-0.1, -0.05) is 48.3 Å². The number of likely N-dealkylation sites (N-methyl/N-ethyl adjacent to an activating group) is 1. The summed E-state index contributed by atoms with van der Waals surface area (Å²) in [6.45, 7) is 5.91.